The van der Waals surface area contributed by atoms with E-state index >= 15 is 0 Å². The smallest absolute Gasteiger partial charge is 0.224 e. The molecule has 0 aliphatic heterocycles. The number of benzene rings is 2. The van der Waals surface area contributed by atoms with Gasteiger partial charge in [-0.3, -0.25) is 4.79 Å². The standard InChI is InChI=1S/C20H23BrFNO2/c1-20(2,3)14-10-11-18(15(21)13-14)25-12-6-9-19(24)23-17-8-5-4-7-16(17)22/h4-5,7-8,10-11,13H,6,9,12H2,1-3H3,(H,23,24). The summed E-state index contributed by atoms with van der Waals surface area (Å²) in [5, 5.41) is 2.57. The predicted octanol–water partition coefficient (Wildman–Crippen LogP) is 5.68. The van der Waals surface area contributed by atoms with Gasteiger partial charge in [-0.2, -0.15) is 0 Å². The number of carbonyl (C=O) groups excluding carboxylic acids is 1. The minimum absolute atomic E-state index is 0.0752. The van der Waals surface area contributed by atoms with E-state index in [9.17, 15) is 9.18 Å². The van der Waals surface area contributed by atoms with Crippen molar-refractivity contribution < 1.29 is 13.9 Å². The largest absolute Gasteiger partial charge is 0.492 e. The lowest BCUT2D eigenvalue weighted by molar-refractivity contribution is -0.116. The molecule has 0 unspecified atom stereocenters. The summed E-state index contributed by atoms with van der Waals surface area (Å²) in [7, 11) is 0. The van der Waals surface area contributed by atoms with Gasteiger partial charge in [0.05, 0.1) is 16.8 Å². The molecule has 25 heavy (non-hydrogen) atoms. The zero-order chi connectivity index (χ0) is 18.4. The average Bonchev–Trinajstić information content (AvgIpc) is 2.54. The topological polar surface area (TPSA) is 38.3 Å². The molecule has 0 saturated carbocycles. The maximum atomic E-state index is 13.5. The Morgan fingerprint density at radius 2 is 1.92 bits per heavy atom. The molecule has 1 N–H and O–H groups in total. The van der Waals surface area contributed by atoms with E-state index in [2.05, 4.69) is 48.1 Å². The number of rotatable bonds is 6. The van der Waals surface area contributed by atoms with Crippen LogP contribution in [0.4, 0.5) is 10.1 Å². The molecular formula is C20H23BrFNO2. The lowest BCUT2D eigenvalue weighted by Crippen LogP contribution is -2.14. The van der Waals surface area contributed by atoms with Gasteiger partial charge in [0.2, 0.25) is 5.91 Å². The van der Waals surface area contributed by atoms with E-state index < -0.39 is 5.82 Å². The SMILES string of the molecule is CC(C)(C)c1ccc(OCCCC(=O)Nc2ccccc2F)c(Br)c1. The van der Waals surface area contributed by atoms with Gasteiger partial charge in [-0.05, 0) is 57.6 Å². The van der Waals surface area contributed by atoms with Crippen LogP contribution in [0.2, 0.25) is 0 Å². The quantitative estimate of drug-likeness (QED) is 0.625. The van der Waals surface area contributed by atoms with Crippen LogP contribution in [0, 0.1) is 5.82 Å². The van der Waals surface area contributed by atoms with Gasteiger partial charge in [-0.25, -0.2) is 4.39 Å². The zero-order valence-electron chi connectivity index (χ0n) is 14.7. The van der Waals surface area contributed by atoms with Crippen LogP contribution in [0.15, 0.2) is 46.9 Å². The molecule has 0 aliphatic carbocycles. The average molecular weight is 408 g/mol. The summed E-state index contributed by atoms with van der Waals surface area (Å²) in [5.74, 6) is 0.0910. The highest BCUT2D eigenvalue weighted by molar-refractivity contribution is 9.10. The highest BCUT2D eigenvalue weighted by Gasteiger charge is 2.15. The number of ether oxygens (including phenoxy) is 1. The number of amides is 1. The molecule has 1 amide bonds. The van der Waals surface area contributed by atoms with Gasteiger partial charge in [0.15, 0.2) is 0 Å². The summed E-state index contributed by atoms with van der Waals surface area (Å²) in [6, 6.07) is 12.2. The molecule has 5 heteroatoms. The Morgan fingerprint density at radius 3 is 2.56 bits per heavy atom. The van der Waals surface area contributed by atoms with Crippen LogP contribution in [-0.4, -0.2) is 12.5 Å². The van der Waals surface area contributed by atoms with Crippen molar-refractivity contribution in [3.63, 3.8) is 0 Å². The van der Waals surface area contributed by atoms with Crippen LogP contribution in [-0.2, 0) is 10.2 Å². The number of nitrogens with one attached hydrogen (secondary N) is 1. The van der Waals surface area contributed by atoms with Crippen molar-refractivity contribution in [1.82, 2.24) is 0 Å². The Labute approximate surface area is 156 Å². The van der Waals surface area contributed by atoms with Crippen molar-refractivity contribution in [3.8, 4) is 5.75 Å². The fourth-order valence-corrected chi connectivity index (χ4v) is 2.77. The molecule has 0 aromatic heterocycles. The number of hydrogen-bond acceptors (Lipinski definition) is 2. The first-order valence-electron chi connectivity index (χ1n) is 8.24. The molecule has 3 nitrogen and oxygen atoms in total. The molecule has 0 bridgehead atoms. The fraction of sp³-hybridized carbons (Fsp3) is 0.350. The summed E-state index contributed by atoms with van der Waals surface area (Å²) in [4.78, 5) is 11.9. The Balaban J connectivity index is 1.79. The predicted molar refractivity (Wildman–Crippen MR) is 103 cm³/mol. The number of halogens is 2. The van der Waals surface area contributed by atoms with Crippen molar-refractivity contribution in [1.29, 1.82) is 0 Å². The first-order valence-corrected chi connectivity index (χ1v) is 9.04. The van der Waals surface area contributed by atoms with Crippen LogP contribution in [0.3, 0.4) is 0 Å². The molecule has 0 heterocycles. The Morgan fingerprint density at radius 1 is 1.20 bits per heavy atom. The summed E-state index contributed by atoms with van der Waals surface area (Å²) in [6.45, 7) is 6.88. The molecule has 2 aromatic carbocycles. The third-order valence-corrected chi connectivity index (χ3v) is 4.37. The van der Waals surface area contributed by atoms with E-state index in [1.807, 2.05) is 12.1 Å². The molecule has 2 rings (SSSR count). The first kappa shape index (κ1) is 19.4. The Bertz CT molecular complexity index is 741. The van der Waals surface area contributed by atoms with Crippen molar-refractivity contribution in [3.05, 3.63) is 58.3 Å². The maximum absolute atomic E-state index is 13.5. The highest BCUT2D eigenvalue weighted by atomic mass is 79.9. The molecule has 0 spiro atoms. The van der Waals surface area contributed by atoms with Crippen LogP contribution >= 0.6 is 15.9 Å². The number of para-hydroxylation sites is 1. The van der Waals surface area contributed by atoms with E-state index in [4.69, 9.17) is 4.74 Å². The fourth-order valence-electron chi connectivity index (χ4n) is 2.27. The zero-order valence-corrected chi connectivity index (χ0v) is 16.3. The Kier molecular flexibility index (Phi) is 6.59. The molecule has 0 fully saturated rings. The van der Waals surface area contributed by atoms with E-state index in [1.54, 1.807) is 12.1 Å². The molecule has 0 radical (unpaired) electrons. The lowest BCUT2D eigenvalue weighted by Gasteiger charge is -2.20. The van der Waals surface area contributed by atoms with Gasteiger partial charge in [0.1, 0.15) is 11.6 Å². The summed E-state index contributed by atoms with van der Waals surface area (Å²) in [5.41, 5.74) is 1.50. The van der Waals surface area contributed by atoms with Gasteiger partial charge in [0.25, 0.3) is 0 Å². The van der Waals surface area contributed by atoms with Crippen LogP contribution in [0.25, 0.3) is 0 Å². The first-order chi connectivity index (χ1) is 11.8. The third-order valence-electron chi connectivity index (χ3n) is 3.75. The van der Waals surface area contributed by atoms with Crippen molar-refractivity contribution in [2.24, 2.45) is 0 Å². The highest BCUT2D eigenvalue weighted by Crippen LogP contribution is 2.31. The van der Waals surface area contributed by atoms with Crippen molar-refractivity contribution in [2.45, 2.75) is 39.0 Å². The van der Waals surface area contributed by atoms with E-state index in [1.165, 1.54) is 17.7 Å². The summed E-state index contributed by atoms with van der Waals surface area (Å²) >= 11 is 3.53. The van der Waals surface area contributed by atoms with E-state index in [0.717, 1.165) is 10.2 Å². The molecule has 0 saturated heterocycles. The summed E-state index contributed by atoms with van der Waals surface area (Å²) < 4.78 is 20.1. The van der Waals surface area contributed by atoms with Crippen molar-refractivity contribution in [2.75, 3.05) is 11.9 Å². The lowest BCUT2D eigenvalue weighted by atomic mass is 9.87. The second kappa shape index (κ2) is 8.48. The molecule has 0 atom stereocenters. The van der Waals surface area contributed by atoms with E-state index in [-0.39, 0.29) is 23.4 Å². The molecule has 0 aliphatic rings. The van der Waals surface area contributed by atoms with Crippen LogP contribution in [0.1, 0.15) is 39.2 Å². The monoisotopic (exact) mass is 407 g/mol. The van der Waals surface area contributed by atoms with Crippen molar-refractivity contribution >= 4 is 27.5 Å². The minimum atomic E-state index is -0.435. The van der Waals surface area contributed by atoms with Gasteiger partial charge >= 0.3 is 0 Å². The number of carbonyl (C=O) groups is 1. The number of hydrogen-bond donors (Lipinski definition) is 1. The van der Waals surface area contributed by atoms with Crippen LogP contribution < -0.4 is 10.1 Å². The molecular weight excluding hydrogens is 385 g/mol. The number of anilines is 1. The third kappa shape index (κ3) is 5.85. The van der Waals surface area contributed by atoms with Crippen LogP contribution in [0.5, 0.6) is 5.75 Å². The minimum Gasteiger partial charge on any atom is -0.492 e. The second-order valence-electron chi connectivity index (χ2n) is 6.88. The second-order valence-corrected chi connectivity index (χ2v) is 7.73. The normalized spacial score (nSPS) is 11.2. The summed E-state index contributed by atoms with van der Waals surface area (Å²) in [6.07, 6.45) is 0.819. The molecule has 2 aromatic rings. The van der Waals surface area contributed by atoms with Gasteiger partial charge in [0, 0.05) is 6.42 Å². The molecule has 134 valence electrons. The van der Waals surface area contributed by atoms with Gasteiger partial charge in [-0.15, -0.1) is 0 Å². The van der Waals surface area contributed by atoms with Gasteiger partial charge < -0.3 is 10.1 Å². The van der Waals surface area contributed by atoms with Gasteiger partial charge in [-0.1, -0.05) is 39.0 Å². The maximum Gasteiger partial charge on any atom is 0.224 e. The van der Waals surface area contributed by atoms with E-state index in [0.29, 0.717) is 13.0 Å². The Hall–Kier alpha value is -1.88.